The van der Waals surface area contributed by atoms with E-state index in [-0.39, 0.29) is 11.9 Å². The van der Waals surface area contributed by atoms with Crippen molar-refractivity contribution < 1.29 is 14.3 Å². The topological polar surface area (TPSA) is 59.5 Å². The van der Waals surface area contributed by atoms with E-state index in [1.807, 2.05) is 18.5 Å². The van der Waals surface area contributed by atoms with Crippen LogP contribution in [0.2, 0.25) is 0 Å². The molecular weight excluding hydrogens is 340 g/mol. The Kier molecular flexibility index (Phi) is 7.39. The van der Waals surface area contributed by atoms with E-state index in [0.717, 1.165) is 45.2 Å². The summed E-state index contributed by atoms with van der Waals surface area (Å²) in [5, 5.41) is 0. The molecule has 0 unspecified atom stereocenters. The first-order valence-corrected chi connectivity index (χ1v) is 10.4. The second kappa shape index (κ2) is 9.98. The Labute approximate surface area is 162 Å². The minimum absolute atomic E-state index is 0.0425. The predicted molar refractivity (Wildman–Crippen MR) is 104 cm³/mol. The van der Waals surface area contributed by atoms with Crippen LogP contribution in [0, 0.1) is 11.8 Å². The summed E-state index contributed by atoms with van der Waals surface area (Å²) < 4.78 is 4.83. The summed E-state index contributed by atoms with van der Waals surface area (Å²) in [5.74, 6) is 0.788. The number of esters is 1. The van der Waals surface area contributed by atoms with E-state index in [2.05, 4.69) is 16.0 Å². The quantitative estimate of drug-likeness (QED) is 0.647. The second-order valence-corrected chi connectivity index (χ2v) is 8.07. The first kappa shape index (κ1) is 20.0. The van der Waals surface area contributed by atoms with Gasteiger partial charge >= 0.3 is 5.97 Å². The van der Waals surface area contributed by atoms with Gasteiger partial charge in [0.1, 0.15) is 5.78 Å². The van der Waals surface area contributed by atoms with E-state index in [1.54, 1.807) is 0 Å². The van der Waals surface area contributed by atoms with Gasteiger partial charge in [-0.25, -0.2) is 0 Å². The van der Waals surface area contributed by atoms with Crippen LogP contribution in [-0.2, 0) is 14.3 Å². The summed E-state index contributed by atoms with van der Waals surface area (Å²) >= 11 is 0. The van der Waals surface area contributed by atoms with E-state index in [9.17, 15) is 9.59 Å². The van der Waals surface area contributed by atoms with E-state index in [1.165, 1.54) is 25.5 Å². The zero-order valence-corrected chi connectivity index (χ0v) is 16.4. The second-order valence-electron chi connectivity index (χ2n) is 8.07. The number of nitrogens with zero attached hydrogens (tertiary/aromatic N) is 2. The van der Waals surface area contributed by atoms with Crippen LogP contribution in [0.3, 0.4) is 0 Å². The number of hydrogen-bond acceptors (Lipinski definition) is 5. The minimum atomic E-state index is -0.0893. The highest BCUT2D eigenvalue weighted by molar-refractivity contribution is 5.78. The molecule has 1 aliphatic heterocycles. The Morgan fingerprint density at radius 1 is 1.22 bits per heavy atom. The predicted octanol–water partition coefficient (Wildman–Crippen LogP) is 3.94. The van der Waals surface area contributed by atoms with Crippen molar-refractivity contribution >= 4 is 11.8 Å². The first-order chi connectivity index (χ1) is 13.2. The number of carbonyl (C=O) groups is 2. The summed E-state index contributed by atoms with van der Waals surface area (Å²) in [7, 11) is 1.46. The molecule has 0 N–H and O–H groups in total. The molecule has 2 fully saturated rings. The van der Waals surface area contributed by atoms with Crippen molar-refractivity contribution in [3.8, 4) is 0 Å². The Morgan fingerprint density at radius 2 is 2.04 bits per heavy atom. The van der Waals surface area contributed by atoms with Crippen LogP contribution in [0.5, 0.6) is 0 Å². The average molecular weight is 373 g/mol. The highest BCUT2D eigenvalue weighted by atomic mass is 16.5. The fraction of sp³-hybridized carbons (Fsp3) is 0.682. The fourth-order valence-corrected chi connectivity index (χ4v) is 4.72. The van der Waals surface area contributed by atoms with Gasteiger partial charge in [0.15, 0.2) is 0 Å². The summed E-state index contributed by atoms with van der Waals surface area (Å²) in [6, 6.07) is 4.62. The number of Topliss-reactive ketones (excluding diaryl/α,β-unsaturated/α-hetero) is 1. The van der Waals surface area contributed by atoms with Gasteiger partial charge in [-0.2, -0.15) is 0 Å². The lowest BCUT2D eigenvalue weighted by Crippen LogP contribution is -2.26. The molecule has 0 bridgehead atoms. The molecule has 1 aliphatic carbocycles. The zero-order chi connectivity index (χ0) is 19.1. The van der Waals surface area contributed by atoms with Crippen LogP contribution in [0.15, 0.2) is 24.5 Å². The number of rotatable bonds is 8. The van der Waals surface area contributed by atoms with Crippen molar-refractivity contribution in [2.75, 3.05) is 20.2 Å². The van der Waals surface area contributed by atoms with Gasteiger partial charge in [0.05, 0.1) is 13.0 Å². The molecule has 3 rings (SSSR count). The molecule has 5 nitrogen and oxygen atoms in total. The van der Waals surface area contributed by atoms with Gasteiger partial charge in [-0.05, 0) is 75.6 Å². The van der Waals surface area contributed by atoms with Crippen LogP contribution in [0.4, 0.5) is 0 Å². The van der Waals surface area contributed by atoms with Gasteiger partial charge in [0.2, 0.25) is 0 Å². The van der Waals surface area contributed by atoms with Crippen molar-refractivity contribution in [3.63, 3.8) is 0 Å². The summed E-state index contributed by atoms with van der Waals surface area (Å²) in [6.07, 6.45) is 12.2. The van der Waals surface area contributed by atoms with Crippen molar-refractivity contribution in [1.82, 2.24) is 9.88 Å². The van der Waals surface area contributed by atoms with Gasteiger partial charge in [-0.1, -0.05) is 6.07 Å². The molecular formula is C22H32N2O3. The molecule has 0 spiro atoms. The third kappa shape index (κ3) is 5.61. The largest absolute Gasteiger partial charge is 0.469 e. The molecule has 27 heavy (non-hydrogen) atoms. The molecule has 2 aliphatic rings. The third-order valence-corrected chi connectivity index (χ3v) is 6.23. The van der Waals surface area contributed by atoms with Crippen LogP contribution in [0.1, 0.15) is 69.4 Å². The lowest BCUT2D eigenvalue weighted by atomic mass is 9.79. The number of carbonyl (C=O) groups excluding carboxylic acids is 2. The number of aromatic nitrogens is 1. The molecule has 1 atom stereocenters. The van der Waals surface area contributed by atoms with E-state index in [0.29, 0.717) is 30.6 Å². The van der Waals surface area contributed by atoms with E-state index >= 15 is 0 Å². The van der Waals surface area contributed by atoms with E-state index < -0.39 is 0 Å². The maximum absolute atomic E-state index is 12.4. The van der Waals surface area contributed by atoms with Crippen molar-refractivity contribution in [2.24, 2.45) is 11.8 Å². The monoisotopic (exact) mass is 372 g/mol. The minimum Gasteiger partial charge on any atom is -0.469 e. The van der Waals surface area contributed by atoms with Gasteiger partial charge < -0.3 is 4.74 Å². The molecule has 1 aromatic heterocycles. The van der Waals surface area contributed by atoms with Gasteiger partial charge in [-0.3, -0.25) is 19.5 Å². The SMILES string of the molecule is COC(=O)C1CCC(CC(=O)CCCN2CCC[C@H]2c2cccnc2)CC1. The van der Waals surface area contributed by atoms with Gasteiger partial charge in [-0.15, -0.1) is 0 Å². The Morgan fingerprint density at radius 3 is 2.74 bits per heavy atom. The normalized spacial score (nSPS) is 26.0. The molecule has 0 radical (unpaired) electrons. The molecule has 0 amide bonds. The maximum Gasteiger partial charge on any atom is 0.308 e. The number of likely N-dealkylation sites (tertiary alicyclic amines) is 1. The zero-order valence-electron chi connectivity index (χ0n) is 16.4. The fourth-order valence-electron chi connectivity index (χ4n) is 4.72. The van der Waals surface area contributed by atoms with Crippen LogP contribution in [-0.4, -0.2) is 41.8 Å². The van der Waals surface area contributed by atoms with Gasteiger partial charge in [0, 0.05) is 31.3 Å². The smallest absolute Gasteiger partial charge is 0.308 e. The average Bonchev–Trinajstić information content (AvgIpc) is 3.17. The highest BCUT2D eigenvalue weighted by Gasteiger charge is 2.28. The molecule has 1 aromatic rings. The summed E-state index contributed by atoms with van der Waals surface area (Å²) in [6.45, 7) is 2.10. The Hall–Kier alpha value is -1.75. The van der Waals surface area contributed by atoms with Crippen LogP contribution >= 0.6 is 0 Å². The number of hydrogen-bond donors (Lipinski definition) is 0. The van der Waals surface area contributed by atoms with Crippen molar-refractivity contribution in [2.45, 2.75) is 63.8 Å². The molecule has 148 valence electrons. The lowest BCUT2D eigenvalue weighted by Gasteiger charge is -2.27. The van der Waals surface area contributed by atoms with Crippen molar-refractivity contribution in [1.29, 1.82) is 0 Å². The number of methoxy groups -OCH3 is 1. The first-order valence-electron chi connectivity index (χ1n) is 10.4. The molecule has 0 aromatic carbocycles. The Bertz CT molecular complexity index is 611. The number of ketones is 1. The molecule has 1 saturated carbocycles. The standard InChI is InChI=1S/C22H32N2O3/c1-27-22(26)18-10-8-17(9-11-18)15-20(25)6-3-13-24-14-4-7-21(24)19-5-2-12-23-16-19/h2,5,12,16-18,21H,3-4,6-11,13-15H2,1H3/t17?,18?,21-/m0/s1. The third-order valence-electron chi connectivity index (χ3n) is 6.23. The highest BCUT2D eigenvalue weighted by Crippen LogP contribution is 2.33. The lowest BCUT2D eigenvalue weighted by molar-refractivity contribution is -0.146. The van der Waals surface area contributed by atoms with E-state index in [4.69, 9.17) is 4.74 Å². The Balaban J connectivity index is 1.36. The molecule has 5 heteroatoms. The van der Waals surface area contributed by atoms with Gasteiger partial charge in [0.25, 0.3) is 0 Å². The summed E-state index contributed by atoms with van der Waals surface area (Å²) in [4.78, 5) is 30.7. The summed E-state index contributed by atoms with van der Waals surface area (Å²) in [5.41, 5.74) is 1.30. The van der Waals surface area contributed by atoms with Crippen LogP contribution < -0.4 is 0 Å². The molecule has 2 heterocycles. The molecule has 1 saturated heterocycles. The number of ether oxygens (including phenoxy) is 1. The van der Waals surface area contributed by atoms with Crippen molar-refractivity contribution in [3.05, 3.63) is 30.1 Å². The maximum atomic E-state index is 12.4. The van der Waals surface area contributed by atoms with Crippen LogP contribution in [0.25, 0.3) is 0 Å². The number of pyridine rings is 1.